The topological polar surface area (TPSA) is 26.1 Å². The molecule has 1 aromatic heterocycles. The molecule has 0 aliphatic carbocycles. The van der Waals surface area contributed by atoms with Crippen LogP contribution in [0.15, 0.2) is 320 Å². The van der Waals surface area contributed by atoms with Crippen molar-refractivity contribution in [2.24, 2.45) is 0 Å². The van der Waals surface area contributed by atoms with E-state index in [-0.39, 0.29) is 0 Å². The van der Waals surface area contributed by atoms with Crippen LogP contribution in [0.4, 0.5) is 68.2 Å². The highest BCUT2D eigenvalue weighted by Crippen LogP contribution is 2.44. The SMILES string of the molecule is c1ccc(-c2ccc(N(c3ccccc3)c3ccc(N(c4ccccc4)c4ccc5oc6ccc(N(c7ccccc7)c7ccc(N(c8ccccc8)c8ccc(-c9ccccc9)cc8)cc7)cc6c5c4)cc3)cc2)cc1. The average molecular weight is 989 g/mol. The molecule has 0 amide bonds. The van der Waals surface area contributed by atoms with Gasteiger partial charge in [-0.05, 0) is 180 Å². The Balaban J connectivity index is 0.853. The Bertz CT molecular complexity index is 3780. The number of anilines is 12. The van der Waals surface area contributed by atoms with Gasteiger partial charge in [0.05, 0.1) is 0 Å². The van der Waals surface area contributed by atoms with Gasteiger partial charge in [0.2, 0.25) is 0 Å². The zero-order valence-corrected chi connectivity index (χ0v) is 42.2. The lowest BCUT2D eigenvalue weighted by Gasteiger charge is -2.28. The lowest BCUT2D eigenvalue weighted by Crippen LogP contribution is -2.12. The number of rotatable bonds is 14. The fraction of sp³-hybridized carbons (Fsp3) is 0. The molecule has 366 valence electrons. The van der Waals surface area contributed by atoms with Crippen LogP contribution < -0.4 is 19.6 Å². The van der Waals surface area contributed by atoms with E-state index < -0.39 is 0 Å². The zero-order chi connectivity index (χ0) is 51.3. The molecule has 0 aliphatic heterocycles. The van der Waals surface area contributed by atoms with E-state index in [9.17, 15) is 0 Å². The van der Waals surface area contributed by atoms with Crippen molar-refractivity contribution in [3.8, 4) is 22.3 Å². The number of benzene rings is 12. The molecule has 0 fully saturated rings. The predicted octanol–water partition coefficient (Wildman–Crippen LogP) is 20.8. The quantitative estimate of drug-likeness (QED) is 0.108. The third-order valence-electron chi connectivity index (χ3n) is 14.2. The van der Waals surface area contributed by atoms with Crippen molar-refractivity contribution in [2.45, 2.75) is 0 Å². The molecule has 77 heavy (non-hydrogen) atoms. The van der Waals surface area contributed by atoms with Crippen LogP contribution in [0.5, 0.6) is 0 Å². The van der Waals surface area contributed by atoms with Gasteiger partial charge in [-0.3, -0.25) is 0 Å². The van der Waals surface area contributed by atoms with Crippen LogP contribution in [0.25, 0.3) is 44.2 Å². The van der Waals surface area contributed by atoms with Gasteiger partial charge >= 0.3 is 0 Å². The van der Waals surface area contributed by atoms with Crippen molar-refractivity contribution in [3.63, 3.8) is 0 Å². The summed E-state index contributed by atoms with van der Waals surface area (Å²) >= 11 is 0. The largest absolute Gasteiger partial charge is 0.456 e. The van der Waals surface area contributed by atoms with Gasteiger partial charge in [-0.2, -0.15) is 0 Å². The average Bonchev–Trinajstić information content (AvgIpc) is 3.88. The van der Waals surface area contributed by atoms with Crippen LogP contribution in [0.3, 0.4) is 0 Å². The lowest BCUT2D eigenvalue weighted by atomic mass is 10.0. The normalized spacial score (nSPS) is 11.1. The van der Waals surface area contributed by atoms with E-state index in [1.807, 2.05) is 0 Å². The van der Waals surface area contributed by atoms with Crippen molar-refractivity contribution in [1.29, 1.82) is 0 Å². The molecule has 0 aliphatic rings. The molecule has 0 unspecified atom stereocenters. The maximum absolute atomic E-state index is 6.61. The Morgan fingerprint density at radius 2 is 0.364 bits per heavy atom. The van der Waals surface area contributed by atoms with Crippen LogP contribution in [-0.2, 0) is 0 Å². The maximum Gasteiger partial charge on any atom is 0.135 e. The smallest absolute Gasteiger partial charge is 0.135 e. The first-order valence-corrected chi connectivity index (χ1v) is 26.1. The summed E-state index contributed by atoms with van der Waals surface area (Å²) in [5, 5.41) is 2.07. The Morgan fingerprint density at radius 3 is 0.636 bits per heavy atom. The standard InChI is InChI=1S/C72H52N4O/c1-7-19-53(20-8-1)55-31-35-61(36-32-55)73(57-23-11-3-12-24-57)63-39-43-65(44-40-63)75(59-27-15-5-16-28-59)67-47-49-71-69(51-67)70-52-68(48-50-72(70)77-71)76(60-29-17-6-18-30-60)66-45-41-64(42-46-66)74(58-25-13-4-14-26-58)62-37-33-56(34-38-62)54-21-9-2-10-22-54/h1-52H. The number of nitrogens with zero attached hydrogens (tertiary/aromatic N) is 4. The summed E-state index contributed by atoms with van der Waals surface area (Å²) in [6.07, 6.45) is 0. The van der Waals surface area contributed by atoms with Crippen molar-refractivity contribution in [2.75, 3.05) is 19.6 Å². The van der Waals surface area contributed by atoms with Crippen molar-refractivity contribution >= 4 is 90.2 Å². The van der Waals surface area contributed by atoms with Gasteiger partial charge < -0.3 is 24.0 Å². The summed E-state index contributed by atoms with van der Waals surface area (Å²) in [6.45, 7) is 0. The molecule has 1 heterocycles. The summed E-state index contributed by atoms with van der Waals surface area (Å²) < 4.78 is 6.61. The molecule has 0 spiro atoms. The predicted molar refractivity (Wildman–Crippen MR) is 323 cm³/mol. The lowest BCUT2D eigenvalue weighted by molar-refractivity contribution is 0.669. The van der Waals surface area contributed by atoms with Crippen molar-refractivity contribution in [3.05, 3.63) is 315 Å². The van der Waals surface area contributed by atoms with Gasteiger partial charge in [-0.15, -0.1) is 0 Å². The molecular weight excluding hydrogens is 937 g/mol. The molecule has 0 atom stereocenters. The Kier molecular flexibility index (Phi) is 12.6. The van der Waals surface area contributed by atoms with E-state index in [1.54, 1.807) is 0 Å². The first kappa shape index (κ1) is 46.4. The molecule has 13 aromatic rings. The van der Waals surface area contributed by atoms with Crippen LogP contribution in [0, 0.1) is 0 Å². The molecule has 13 rings (SSSR count). The maximum atomic E-state index is 6.61. The van der Waals surface area contributed by atoms with E-state index in [1.165, 1.54) is 22.3 Å². The number of fused-ring (bicyclic) bond motifs is 3. The van der Waals surface area contributed by atoms with Gasteiger partial charge in [-0.1, -0.05) is 158 Å². The summed E-state index contributed by atoms with van der Waals surface area (Å²) in [4.78, 5) is 9.26. The number of para-hydroxylation sites is 4. The van der Waals surface area contributed by atoms with Crippen LogP contribution in [-0.4, -0.2) is 0 Å². The number of hydrogen-bond acceptors (Lipinski definition) is 5. The van der Waals surface area contributed by atoms with Gasteiger partial charge in [0.15, 0.2) is 0 Å². The minimum atomic E-state index is 0.828. The fourth-order valence-electron chi connectivity index (χ4n) is 10.5. The van der Waals surface area contributed by atoms with Gasteiger partial charge in [0.25, 0.3) is 0 Å². The molecule has 0 bridgehead atoms. The molecule has 5 nitrogen and oxygen atoms in total. The van der Waals surface area contributed by atoms with Crippen LogP contribution >= 0.6 is 0 Å². The van der Waals surface area contributed by atoms with Crippen molar-refractivity contribution in [1.82, 2.24) is 0 Å². The highest BCUT2D eigenvalue weighted by Gasteiger charge is 2.21. The number of furan rings is 1. The molecule has 0 N–H and O–H groups in total. The van der Waals surface area contributed by atoms with Gasteiger partial charge in [0, 0.05) is 79.0 Å². The molecule has 5 heteroatoms. The van der Waals surface area contributed by atoms with E-state index in [0.717, 1.165) is 90.2 Å². The highest BCUT2D eigenvalue weighted by molar-refractivity contribution is 6.08. The van der Waals surface area contributed by atoms with Crippen LogP contribution in [0.2, 0.25) is 0 Å². The van der Waals surface area contributed by atoms with Crippen molar-refractivity contribution < 1.29 is 4.42 Å². The number of hydrogen-bond donors (Lipinski definition) is 0. The zero-order valence-electron chi connectivity index (χ0n) is 42.2. The second-order valence-electron chi connectivity index (χ2n) is 19.0. The molecular formula is C72H52N4O. The minimum absolute atomic E-state index is 0.828. The first-order valence-electron chi connectivity index (χ1n) is 26.1. The summed E-state index contributed by atoms with van der Waals surface area (Å²) in [7, 11) is 0. The second-order valence-corrected chi connectivity index (χ2v) is 19.0. The second kappa shape index (κ2) is 20.9. The highest BCUT2D eigenvalue weighted by atomic mass is 16.3. The molecule has 0 saturated carbocycles. The summed E-state index contributed by atoms with van der Waals surface area (Å²) in [5.74, 6) is 0. The summed E-state index contributed by atoms with van der Waals surface area (Å²) in [6, 6.07) is 112. The van der Waals surface area contributed by atoms with E-state index in [0.29, 0.717) is 0 Å². The monoisotopic (exact) mass is 988 g/mol. The fourth-order valence-corrected chi connectivity index (χ4v) is 10.5. The molecule has 12 aromatic carbocycles. The molecule has 0 radical (unpaired) electrons. The Hall–Kier alpha value is -10.4. The van der Waals surface area contributed by atoms with E-state index >= 15 is 0 Å². The van der Waals surface area contributed by atoms with Gasteiger partial charge in [-0.25, -0.2) is 0 Å². The minimum Gasteiger partial charge on any atom is -0.456 e. The van der Waals surface area contributed by atoms with Crippen LogP contribution in [0.1, 0.15) is 0 Å². The summed E-state index contributed by atoms with van der Waals surface area (Å²) in [5.41, 5.74) is 19.1. The molecule has 0 saturated heterocycles. The Morgan fingerprint density at radius 1 is 0.169 bits per heavy atom. The van der Waals surface area contributed by atoms with Gasteiger partial charge in [0.1, 0.15) is 11.2 Å². The van der Waals surface area contributed by atoms with E-state index in [4.69, 9.17) is 4.42 Å². The van der Waals surface area contributed by atoms with E-state index in [2.05, 4.69) is 335 Å². The third-order valence-corrected chi connectivity index (χ3v) is 14.2. The first-order chi connectivity index (χ1) is 38.2. The third kappa shape index (κ3) is 9.46. The Labute approximate surface area is 449 Å².